The smallest absolute Gasteiger partial charge is 0.413 e. The van der Waals surface area contributed by atoms with Crippen LogP contribution in [-0.2, 0) is 4.74 Å². The number of H-pyrrole nitrogens is 1. The summed E-state index contributed by atoms with van der Waals surface area (Å²) < 4.78 is 10.1. The maximum atomic E-state index is 11.1. The molecule has 0 saturated carbocycles. The Morgan fingerprint density at radius 3 is 2.68 bits per heavy atom. The van der Waals surface area contributed by atoms with Crippen molar-refractivity contribution in [3.63, 3.8) is 0 Å². The molecule has 3 aromatic rings. The average Bonchev–Trinajstić information content (AvgIpc) is 2.91. The topological polar surface area (TPSA) is 115 Å². The van der Waals surface area contributed by atoms with Gasteiger partial charge in [-0.1, -0.05) is 0 Å². The third-order valence-electron chi connectivity index (χ3n) is 2.83. The fourth-order valence-corrected chi connectivity index (χ4v) is 1.80. The van der Waals surface area contributed by atoms with Crippen LogP contribution in [0.15, 0.2) is 36.4 Å². The summed E-state index contributed by atoms with van der Waals surface area (Å²) in [6.45, 7) is 0. The molecule has 0 unspecified atom stereocenters. The maximum absolute atomic E-state index is 11.1. The average molecular weight is 299 g/mol. The molecule has 8 heteroatoms. The number of aromatic nitrogens is 3. The van der Waals surface area contributed by atoms with Crippen molar-refractivity contribution in [2.45, 2.75) is 0 Å². The third-order valence-corrected chi connectivity index (χ3v) is 2.83. The van der Waals surface area contributed by atoms with Gasteiger partial charge < -0.3 is 20.2 Å². The normalized spacial score (nSPS) is 10.4. The fourth-order valence-electron chi connectivity index (χ4n) is 1.80. The summed E-state index contributed by atoms with van der Waals surface area (Å²) in [6, 6.07) is 10.4. The molecule has 22 heavy (non-hydrogen) atoms. The highest BCUT2D eigenvalue weighted by molar-refractivity contribution is 5.85. The lowest BCUT2D eigenvalue weighted by molar-refractivity contribution is 0.186. The number of hydrogen-bond acceptors (Lipinski definition) is 6. The zero-order chi connectivity index (χ0) is 15.5. The molecule has 0 bridgehead atoms. The van der Waals surface area contributed by atoms with Gasteiger partial charge in [0.2, 0.25) is 11.8 Å². The lowest BCUT2D eigenvalue weighted by Crippen LogP contribution is -2.11. The van der Waals surface area contributed by atoms with Gasteiger partial charge in [-0.2, -0.15) is 9.97 Å². The number of pyridine rings is 1. The number of nitrogens with zero attached hydrogens (tertiary/aromatic N) is 2. The Balaban J connectivity index is 1.83. The van der Waals surface area contributed by atoms with Crippen molar-refractivity contribution >= 4 is 28.9 Å². The summed E-state index contributed by atoms with van der Waals surface area (Å²) in [5.41, 5.74) is 7.35. The van der Waals surface area contributed by atoms with Gasteiger partial charge in [0.15, 0.2) is 5.65 Å². The molecule has 0 atom stereocenters. The Morgan fingerprint density at radius 2 is 1.95 bits per heavy atom. The van der Waals surface area contributed by atoms with Crippen molar-refractivity contribution in [3.05, 3.63) is 36.4 Å². The first kappa shape index (κ1) is 13.7. The standard InChI is InChI=1S/C14H13N5O3/c1-21-14(20)19-13-16-10-6-7-11(17-12(10)18-13)22-9-4-2-8(15)3-5-9/h2-7H,15H2,1H3,(H2,16,17,18,19,20). The van der Waals surface area contributed by atoms with Crippen LogP contribution in [0.1, 0.15) is 0 Å². The van der Waals surface area contributed by atoms with Gasteiger partial charge in [0.25, 0.3) is 0 Å². The number of amides is 1. The number of nitrogens with one attached hydrogen (secondary N) is 2. The van der Waals surface area contributed by atoms with E-state index in [0.29, 0.717) is 28.5 Å². The van der Waals surface area contributed by atoms with Crippen LogP contribution in [0.25, 0.3) is 11.2 Å². The Labute approximate surface area is 125 Å². The summed E-state index contributed by atoms with van der Waals surface area (Å²) >= 11 is 0. The number of imidazole rings is 1. The summed E-state index contributed by atoms with van der Waals surface area (Å²) in [6.07, 6.45) is -0.614. The van der Waals surface area contributed by atoms with E-state index in [1.54, 1.807) is 36.4 Å². The Hall–Kier alpha value is -3.29. The highest BCUT2D eigenvalue weighted by Crippen LogP contribution is 2.23. The number of aromatic amines is 1. The van der Waals surface area contributed by atoms with Gasteiger partial charge in [0, 0.05) is 11.8 Å². The molecule has 2 heterocycles. The molecule has 0 aliphatic rings. The number of fused-ring (bicyclic) bond motifs is 1. The minimum absolute atomic E-state index is 0.249. The first-order valence-corrected chi connectivity index (χ1v) is 6.39. The van der Waals surface area contributed by atoms with Crippen LogP contribution in [-0.4, -0.2) is 28.2 Å². The number of nitrogen functional groups attached to an aromatic ring is 1. The predicted molar refractivity (Wildman–Crippen MR) is 80.8 cm³/mol. The zero-order valence-corrected chi connectivity index (χ0v) is 11.7. The number of ether oxygens (including phenoxy) is 2. The molecule has 3 rings (SSSR count). The third kappa shape index (κ3) is 2.90. The Bertz CT molecular complexity index is 813. The highest BCUT2D eigenvalue weighted by atomic mass is 16.5. The molecule has 0 radical (unpaired) electrons. The molecule has 1 amide bonds. The van der Waals surface area contributed by atoms with Crippen molar-refractivity contribution in [1.82, 2.24) is 15.0 Å². The second-order valence-corrected chi connectivity index (χ2v) is 4.39. The number of rotatable bonds is 3. The number of benzene rings is 1. The number of methoxy groups -OCH3 is 1. The van der Waals surface area contributed by atoms with Gasteiger partial charge in [-0.15, -0.1) is 0 Å². The number of hydrogen-bond donors (Lipinski definition) is 3. The van der Waals surface area contributed by atoms with E-state index in [1.807, 2.05) is 0 Å². The SMILES string of the molecule is COC(=O)Nc1nc2nc(Oc3ccc(N)cc3)ccc2[nH]1. The van der Waals surface area contributed by atoms with E-state index in [-0.39, 0.29) is 5.95 Å². The molecular formula is C14H13N5O3. The van der Waals surface area contributed by atoms with Crippen molar-refractivity contribution in [2.75, 3.05) is 18.2 Å². The largest absolute Gasteiger partial charge is 0.453 e. The van der Waals surface area contributed by atoms with Gasteiger partial charge in [-0.25, -0.2) is 4.79 Å². The van der Waals surface area contributed by atoms with Crippen molar-refractivity contribution in [2.24, 2.45) is 0 Å². The fraction of sp³-hybridized carbons (Fsp3) is 0.0714. The molecule has 112 valence electrons. The van der Waals surface area contributed by atoms with Crippen LogP contribution in [0.3, 0.4) is 0 Å². The predicted octanol–water partition coefficient (Wildman–Crippen LogP) is 2.51. The van der Waals surface area contributed by atoms with E-state index in [1.165, 1.54) is 7.11 Å². The van der Waals surface area contributed by atoms with Crippen LogP contribution in [0.4, 0.5) is 16.4 Å². The lowest BCUT2D eigenvalue weighted by Gasteiger charge is -2.04. The quantitative estimate of drug-likeness (QED) is 0.640. The van der Waals surface area contributed by atoms with Crippen LogP contribution < -0.4 is 15.8 Å². The minimum atomic E-state index is -0.614. The zero-order valence-electron chi connectivity index (χ0n) is 11.7. The molecule has 4 N–H and O–H groups in total. The summed E-state index contributed by atoms with van der Waals surface area (Å²) in [7, 11) is 1.27. The van der Waals surface area contributed by atoms with E-state index >= 15 is 0 Å². The summed E-state index contributed by atoms with van der Waals surface area (Å²) in [5, 5.41) is 2.43. The van der Waals surface area contributed by atoms with Crippen molar-refractivity contribution in [3.8, 4) is 11.6 Å². The molecule has 0 aliphatic carbocycles. The molecule has 0 aliphatic heterocycles. The van der Waals surface area contributed by atoms with Crippen molar-refractivity contribution in [1.29, 1.82) is 0 Å². The van der Waals surface area contributed by atoms with E-state index < -0.39 is 6.09 Å². The Kier molecular flexibility index (Phi) is 3.48. The molecular weight excluding hydrogens is 286 g/mol. The van der Waals surface area contributed by atoms with Gasteiger partial charge >= 0.3 is 6.09 Å². The Morgan fingerprint density at radius 1 is 1.18 bits per heavy atom. The monoisotopic (exact) mass is 299 g/mol. The van der Waals surface area contributed by atoms with Gasteiger partial charge in [-0.3, -0.25) is 5.32 Å². The summed E-state index contributed by atoms with van der Waals surface area (Å²) in [5.74, 6) is 1.25. The van der Waals surface area contributed by atoms with Gasteiger partial charge in [0.05, 0.1) is 12.6 Å². The number of nitrogens with two attached hydrogens (primary N) is 1. The number of carbonyl (C=O) groups is 1. The molecule has 8 nitrogen and oxygen atoms in total. The molecule has 0 saturated heterocycles. The van der Waals surface area contributed by atoms with E-state index in [9.17, 15) is 4.79 Å². The minimum Gasteiger partial charge on any atom is -0.453 e. The van der Waals surface area contributed by atoms with E-state index in [0.717, 1.165) is 0 Å². The number of carbonyl (C=O) groups excluding carboxylic acids is 1. The number of anilines is 2. The van der Waals surface area contributed by atoms with E-state index in [2.05, 4.69) is 25.0 Å². The highest BCUT2D eigenvalue weighted by Gasteiger charge is 2.09. The van der Waals surface area contributed by atoms with E-state index in [4.69, 9.17) is 10.5 Å². The van der Waals surface area contributed by atoms with Crippen LogP contribution in [0, 0.1) is 0 Å². The first-order chi connectivity index (χ1) is 10.6. The second kappa shape index (κ2) is 5.60. The molecule has 0 spiro atoms. The van der Waals surface area contributed by atoms with Crippen LogP contribution >= 0.6 is 0 Å². The van der Waals surface area contributed by atoms with Crippen LogP contribution in [0.2, 0.25) is 0 Å². The van der Waals surface area contributed by atoms with Gasteiger partial charge in [0.1, 0.15) is 5.75 Å². The van der Waals surface area contributed by atoms with Crippen molar-refractivity contribution < 1.29 is 14.3 Å². The second-order valence-electron chi connectivity index (χ2n) is 4.39. The summed E-state index contributed by atoms with van der Waals surface area (Å²) in [4.78, 5) is 22.4. The lowest BCUT2D eigenvalue weighted by atomic mass is 10.3. The van der Waals surface area contributed by atoms with Gasteiger partial charge in [-0.05, 0) is 30.3 Å². The molecule has 1 aromatic carbocycles. The maximum Gasteiger partial charge on any atom is 0.413 e. The van der Waals surface area contributed by atoms with Crippen LogP contribution in [0.5, 0.6) is 11.6 Å². The first-order valence-electron chi connectivity index (χ1n) is 6.39. The molecule has 2 aromatic heterocycles. The molecule has 0 fully saturated rings.